The Balaban J connectivity index is 1.79. The Morgan fingerprint density at radius 2 is 1.54 bits per heavy atom. The van der Waals surface area contributed by atoms with E-state index in [1.54, 1.807) is 18.2 Å². The lowest BCUT2D eigenvalue weighted by Crippen LogP contribution is -2.32. The lowest BCUT2D eigenvalue weighted by molar-refractivity contribution is -0.146. The Labute approximate surface area is 162 Å². The van der Waals surface area contributed by atoms with Gasteiger partial charge in [-0.3, -0.25) is 14.4 Å². The van der Waals surface area contributed by atoms with E-state index in [-0.39, 0.29) is 12.1 Å². The maximum Gasteiger partial charge on any atom is 0.325 e. The summed E-state index contributed by atoms with van der Waals surface area (Å²) in [5.74, 6) is -0.818. The average molecular weight is 386 g/mol. The maximum absolute atomic E-state index is 12.2. The van der Waals surface area contributed by atoms with Crippen LogP contribution in [0.4, 0.5) is 5.69 Å². The number of esters is 1. The molecule has 2 aromatic rings. The number of amides is 2. The number of carbonyl (C=O) groups is 3. The van der Waals surface area contributed by atoms with Gasteiger partial charge in [-0.2, -0.15) is 0 Å². The lowest BCUT2D eigenvalue weighted by Gasteiger charge is -2.10. The molecular weight excluding hydrogens is 364 g/mol. The van der Waals surface area contributed by atoms with Gasteiger partial charge in [-0.1, -0.05) is 17.7 Å². The van der Waals surface area contributed by atoms with Crippen LogP contribution in [-0.2, 0) is 14.3 Å². The molecule has 2 N–H and O–H groups in total. The second kappa shape index (κ2) is 9.96. The molecule has 0 radical (unpaired) electrons. The van der Waals surface area contributed by atoms with Gasteiger partial charge < -0.3 is 24.8 Å². The van der Waals surface area contributed by atoms with Crippen LogP contribution in [0, 0.1) is 6.92 Å². The number of nitrogens with one attached hydrogen (secondary N) is 2. The van der Waals surface area contributed by atoms with E-state index in [0.717, 1.165) is 5.56 Å². The summed E-state index contributed by atoms with van der Waals surface area (Å²) in [6.07, 6.45) is 0. The van der Waals surface area contributed by atoms with Crippen LogP contribution in [0.5, 0.6) is 11.5 Å². The largest absolute Gasteiger partial charge is 0.497 e. The highest BCUT2D eigenvalue weighted by Gasteiger charge is 2.13. The third-order valence-corrected chi connectivity index (χ3v) is 3.71. The van der Waals surface area contributed by atoms with Crippen molar-refractivity contribution in [3.05, 3.63) is 53.6 Å². The van der Waals surface area contributed by atoms with Crippen molar-refractivity contribution in [2.75, 3.05) is 32.7 Å². The van der Waals surface area contributed by atoms with Crippen molar-refractivity contribution in [2.24, 2.45) is 0 Å². The van der Waals surface area contributed by atoms with Gasteiger partial charge in [0.2, 0.25) is 0 Å². The minimum absolute atomic E-state index is 0.265. The molecule has 2 aromatic carbocycles. The number of methoxy groups -OCH3 is 2. The third kappa shape index (κ3) is 6.31. The molecule has 0 aliphatic rings. The molecule has 0 fully saturated rings. The van der Waals surface area contributed by atoms with Crippen LogP contribution in [0.15, 0.2) is 42.5 Å². The smallest absolute Gasteiger partial charge is 0.325 e. The van der Waals surface area contributed by atoms with Gasteiger partial charge in [0, 0.05) is 17.3 Å². The van der Waals surface area contributed by atoms with E-state index in [2.05, 4.69) is 10.6 Å². The zero-order valence-electron chi connectivity index (χ0n) is 15.9. The summed E-state index contributed by atoms with van der Waals surface area (Å²) in [5.41, 5.74) is 1.93. The Kier molecular flexibility index (Phi) is 7.38. The van der Waals surface area contributed by atoms with E-state index >= 15 is 0 Å². The summed E-state index contributed by atoms with van der Waals surface area (Å²) in [6.45, 7) is 1.11. The summed E-state index contributed by atoms with van der Waals surface area (Å²) in [6, 6.07) is 11.8. The van der Waals surface area contributed by atoms with Crippen LogP contribution in [-0.4, -0.2) is 45.2 Å². The molecule has 8 nitrogen and oxygen atoms in total. The minimum Gasteiger partial charge on any atom is -0.497 e. The fraction of sp³-hybridized carbons (Fsp3) is 0.250. The third-order valence-electron chi connectivity index (χ3n) is 3.71. The molecule has 0 unspecified atom stereocenters. The van der Waals surface area contributed by atoms with Gasteiger partial charge in [0.05, 0.1) is 14.2 Å². The van der Waals surface area contributed by atoms with Gasteiger partial charge in [0.15, 0.2) is 6.61 Å². The number of benzene rings is 2. The van der Waals surface area contributed by atoms with E-state index in [1.807, 2.05) is 19.1 Å². The molecule has 0 aromatic heterocycles. The molecule has 0 bridgehead atoms. The van der Waals surface area contributed by atoms with Gasteiger partial charge in [-0.25, -0.2) is 0 Å². The first-order valence-corrected chi connectivity index (χ1v) is 8.44. The molecule has 0 atom stereocenters. The summed E-state index contributed by atoms with van der Waals surface area (Å²) in [4.78, 5) is 35.7. The van der Waals surface area contributed by atoms with Gasteiger partial charge in [-0.05, 0) is 31.2 Å². The second-order valence-electron chi connectivity index (χ2n) is 5.86. The number of anilines is 1. The highest BCUT2D eigenvalue weighted by atomic mass is 16.5. The van der Waals surface area contributed by atoms with Gasteiger partial charge in [-0.15, -0.1) is 0 Å². The molecule has 0 spiro atoms. The molecular formula is C20H22N2O6. The first kappa shape index (κ1) is 20.8. The van der Waals surface area contributed by atoms with Crippen LogP contribution in [0.25, 0.3) is 0 Å². The number of aryl methyl sites for hydroxylation is 1. The van der Waals surface area contributed by atoms with Gasteiger partial charge in [0.25, 0.3) is 11.8 Å². The van der Waals surface area contributed by atoms with Crippen LogP contribution < -0.4 is 20.1 Å². The molecule has 0 saturated heterocycles. The van der Waals surface area contributed by atoms with Gasteiger partial charge in [0.1, 0.15) is 18.0 Å². The van der Waals surface area contributed by atoms with Crippen molar-refractivity contribution in [2.45, 2.75) is 6.92 Å². The molecule has 0 saturated carbocycles. The van der Waals surface area contributed by atoms with Crippen LogP contribution >= 0.6 is 0 Å². The number of carbonyl (C=O) groups excluding carboxylic acids is 3. The van der Waals surface area contributed by atoms with Crippen LogP contribution in [0.2, 0.25) is 0 Å². The molecule has 2 rings (SSSR count). The van der Waals surface area contributed by atoms with Crippen molar-refractivity contribution in [3.63, 3.8) is 0 Å². The predicted molar refractivity (Wildman–Crippen MR) is 103 cm³/mol. The minimum atomic E-state index is -0.734. The summed E-state index contributed by atoms with van der Waals surface area (Å²) < 4.78 is 15.1. The SMILES string of the molecule is COc1cc(OC)cc(C(=O)NCC(=O)OCC(=O)Nc2ccc(C)cc2)c1. The summed E-state index contributed by atoms with van der Waals surface area (Å²) in [5, 5.41) is 5.03. The van der Waals surface area contributed by atoms with E-state index in [0.29, 0.717) is 17.2 Å². The molecule has 28 heavy (non-hydrogen) atoms. The average Bonchev–Trinajstić information content (AvgIpc) is 2.71. The first-order valence-electron chi connectivity index (χ1n) is 8.44. The first-order chi connectivity index (χ1) is 13.4. The van der Waals surface area contributed by atoms with Crippen LogP contribution in [0.3, 0.4) is 0 Å². The van der Waals surface area contributed by atoms with Crippen molar-refractivity contribution in [3.8, 4) is 11.5 Å². The van der Waals surface area contributed by atoms with Crippen molar-refractivity contribution < 1.29 is 28.6 Å². The highest BCUT2D eigenvalue weighted by Crippen LogP contribution is 2.22. The zero-order valence-corrected chi connectivity index (χ0v) is 15.9. The fourth-order valence-corrected chi connectivity index (χ4v) is 2.22. The molecule has 8 heteroatoms. The Morgan fingerprint density at radius 1 is 0.929 bits per heavy atom. The number of ether oxygens (including phenoxy) is 3. The van der Waals surface area contributed by atoms with Crippen molar-refractivity contribution >= 4 is 23.5 Å². The summed E-state index contributed by atoms with van der Waals surface area (Å²) in [7, 11) is 2.94. The number of hydrogen-bond donors (Lipinski definition) is 2. The molecule has 2 amide bonds. The number of rotatable bonds is 8. The zero-order chi connectivity index (χ0) is 20.5. The highest BCUT2D eigenvalue weighted by molar-refractivity contribution is 5.97. The lowest BCUT2D eigenvalue weighted by atomic mass is 10.2. The van der Waals surface area contributed by atoms with E-state index in [4.69, 9.17) is 14.2 Å². The Morgan fingerprint density at radius 3 is 2.11 bits per heavy atom. The molecule has 0 aliphatic carbocycles. The van der Waals surface area contributed by atoms with Crippen molar-refractivity contribution in [1.82, 2.24) is 5.32 Å². The maximum atomic E-state index is 12.2. The monoisotopic (exact) mass is 386 g/mol. The normalized spacial score (nSPS) is 9.96. The standard InChI is InChI=1S/C20H22N2O6/c1-13-4-6-15(7-5-13)22-18(23)12-28-19(24)11-21-20(25)14-8-16(26-2)10-17(9-14)27-3/h4-10H,11-12H2,1-3H3,(H,21,25)(H,22,23). The Hall–Kier alpha value is -3.55. The van der Waals surface area contributed by atoms with Crippen molar-refractivity contribution in [1.29, 1.82) is 0 Å². The van der Waals surface area contributed by atoms with E-state index < -0.39 is 24.4 Å². The molecule has 0 heterocycles. The topological polar surface area (TPSA) is 103 Å². The second-order valence-corrected chi connectivity index (χ2v) is 5.86. The van der Waals surface area contributed by atoms with E-state index in [9.17, 15) is 14.4 Å². The van der Waals surface area contributed by atoms with E-state index in [1.165, 1.54) is 26.4 Å². The van der Waals surface area contributed by atoms with Crippen LogP contribution in [0.1, 0.15) is 15.9 Å². The molecule has 148 valence electrons. The summed E-state index contributed by atoms with van der Waals surface area (Å²) >= 11 is 0. The Bertz CT molecular complexity index is 826. The van der Waals surface area contributed by atoms with Gasteiger partial charge >= 0.3 is 5.97 Å². The predicted octanol–water partition coefficient (Wildman–Crippen LogP) is 1.92. The number of hydrogen-bond acceptors (Lipinski definition) is 6. The fourth-order valence-electron chi connectivity index (χ4n) is 2.22. The molecule has 0 aliphatic heterocycles. The quantitative estimate of drug-likeness (QED) is 0.672.